The van der Waals surface area contributed by atoms with Gasteiger partial charge in [-0.2, -0.15) is 38.7 Å². The third-order valence-corrected chi connectivity index (χ3v) is 15.9. The summed E-state index contributed by atoms with van der Waals surface area (Å²) in [7, 11) is 3.50. The summed E-state index contributed by atoms with van der Waals surface area (Å²) in [6, 6.07) is 28.6. The second-order valence-corrected chi connectivity index (χ2v) is 26.7. The maximum Gasteiger partial charge on any atom is 0.0572 e. The first-order valence-corrected chi connectivity index (χ1v) is 32.1. The SMILES string of the molecule is CC(Nc1c(C(C)C)cc(C)cc1C(C)C)=C1C=CCC(=C(C)Nc2c(C(C)C)cc(C)cc2C(C)C)N1.CC(Nc1c(C(C)C)cc(C)cc1C(C)C)=C1C=CCC(=C(C)Nc2c(C(C)C)cc(C)cc2C(C)C)N1.C[N-]C.[CH2-]c1ccccc1.[Nd].[Nd]. The second-order valence-electron chi connectivity index (χ2n) is 26.7. The Morgan fingerprint density at radius 2 is 0.580 bits per heavy atom. The van der Waals surface area contributed by atoms with Crippen molar-refractivity contribution < 1.29 is 81.7 Å². The van der Waals surface area contributed by atoms with Crippen LogP contribution in [-0.2, 0) is 0 Å². The fourth-order valence-corrected chi connectivity index (χ4v) is 11.1. The Morgan fingerprint density at radius 3 is 0.761 bits per heavy atom. The molecular weight excluding hydrogens is 1340 g/mol. The predicted octanol–water partition coefficient (Wildman–Crippen LogP) is 23.2. The van der Waals surface area contributed by atoms with Crippen LogP contribution in [0.25, 0.3) is 5.32 Å². The van der Waals surface area contributed by atoms with Gasteiger partial charge in [-0.05, 0) is 159 Å². The monoisotopic (exact) mass is 1450 g/mol. The average molecular weight is 1450 g/mol. The van der Waals surface area contributed by atoms with Gasteiger partial charge in [0, 0.05) is 151 Å². The van der Waals surface area contributed by atoms with Crippen molar-refractivity contribution in [1.82, 2.24) is 10.6 Å². The van der Waals surface area contributed by atoms with Crippen LogP contribution in [0.1, 0.15) is 271 Å². The molecule has 9 heteroatoms. The summed E-state index contributed by atoms with van der Waals surface area (Å²) in [5, 5.41) is 26.4. The van der Waals surface area contributed by atoms with E-state index in [9.17, 15) is 0 Å². The Morgan fingerprint density at radius 1 is 0.375 bits per heavy atom. The predicted molar refractivity (Wildman–Crippen MR) is 383 cm³/mol. The molecule has 0 amide bonds. The molecule has 0 aromatic heterocycles. The minimum Gasteiger partial charge on any atom is -0.668 e. The van der Waals surface area contributed by atoms with Crippen molar-refractivity contribution in [2.75, 3.05) is 35.4 Å². The van der Waals surface area contributed by atoms with Crippen molar-refractivity contribution in [2.24, 2.45) is 0 Å². The summed E-state index contributed by atoms with van der Waals surface area (Å²) >= 11 is 0. The normalized spacial score (nSPS) is 15.1. The van der Waals surface area contributed by atoms with Gasteiger partial charge >= 0.3 is 0 Å². The topological polar surface area (TPSA) is 86.3 Å². The average Bonchev–Trinajstić information content (AvgIpc) is 2.45. The Bertz CT molecular complexity index is 2940. The molecule has 0 unspecified atom stereocenters. The zero-order valence-corrected chi connectivity index (χ0v) is 65.9. The Labute approximate surface area is 603 Å². The van der Waals surface area contributed by atoms with E-state index in [-0.39, 0.29) is 81.7 Å². The molecule has 7 nitrogen and oxygen atoms in total. The molecule has 2 heterocycles. The fourth-order valence-electron chi connectivity index (χ4n) is 11.1. The standard InChI is InChI=1S/2C35H51N3.C7H7.C2H6N.2Nd/c2*1-20(2)28-16-24(9)17-29(21(3)4)34(28)36-26(11)32-14-13-15-33(38-32)27(12)37-35-30(22(5)6)18-25(10)19-31(35)23(7)8;1-7-5-3-2-4-6-7;1-3-2;;/h2*13-14,16-23,36-38H,15H2,1-12H3;2-6H,1H2;1-2H3;;/q;;2*-1;;. The van der Waals surface area contributed by atoms with Crippen LogP contribution in [0.15, 0.2) is 149 Å². The summed E-state index contributed by atoms with van der Waals surface area (Å²) in [6.45, 7) is 57.8. The van der Waals surface area contributed by atoms with E-state index in [4.69, 9.17) is 0 Å². The Kier molecular flexibility index (Phi) is 34.5. The Balaban J connectivity index is 0.000000507. The van der Waals surface area contributed by atoms with Gasteiger partial charge in [0.25, 0.3) is 0 Å². The minimum atomic E-state index is 0. The van der Waals surface area contributed by atoms with Crippen LogP contribution in [0.5, 0.6) is 0 Å². The van der Waals surface area contributed by atoms with Gasteiger partial charge in [-0.25, -0.2) is 0 Å². The number of anilines is 4. The molecule has 0 fully saturated rings. The van der Waals surface area contributed by atoms with Gasteiger partial charge in [-0.3, -0.25) is 0 Å². The van der Waals surface area contributed by atoms with E-state index in [0.29, 0.717) is 47.3 Å². The van der Waals surface area contributed by atoms with Crippen LogP contribution in [0.3, 0.4) is 0 Å². The van der Waals surface area contributed by atoms with Crippen molar-refractivity contribution in [3.63, 3.8) is 0 Å². The zero-order chi connectivity index (χ0) is 64.4. The van der Waals surface area contributed by atoms with Gasteiger partial charge in [0.15, 0.2) is 0 Å². The maximum absolute atomic E-state index is 3.84. The molecule has 5 aromatic rings. The van der Waals surface area contributed by atoms with Crippen LogP contribution in [0.2, 0.25) is 0 Å². The summed E-state index contributed by atoms with van der Waals surface area (Å²) in [4.78, 5) is 0. The van der Waals surface area contributed by atoms with Gasteiger partial charge in [0.1, 0.15) is 0 Å². The molecule has 0 bridgehead atoms. The second kappa shape index (κ2) is 38.0. The molecule has 0 aliphatic carbocycles. The van der Waals surface area contributed by atoms with Crippen LogP contribution in [0.4, 0.5) is 22.7 Å². The Hall–Kier alpha value is -4.13. The van der Waals surface area contributed by atoms with E-state index in [1.54, 1.807) is 14.1 Å². The largest absolute Gasteiger partial charge is 0.668 e. The molecule has 0 radical (unpaired) electrons. The van der Waals surface area contributed by atoms with Crippen LogP contribution >= 0.6 is 0 Å². The summed E-state index contributed by atoms with van der Waals surface area (Å²) < 4.78 is 0. The van der Waals surface area contributed by atoms with E-state index in [2.05, 4.69) is 283 Å². The van der Waals surface area contributed by atoms with Gasteiger partial charge in [-0.1, -0.05) is 200 Å². The van der Waals surface area contributed by atoms with E-state index < -0.39 is 0 Å². The molecule has 0 spiro atoms. The van der Waals surface area contributed by atoms with Crippen molar-refractivity contribution in [3.05, 3.63) is 233 Å². The van der Waals surface area contributed by atoms with Crippen LogP contribution < -0.4 is 31.9 Å². The minimum absolute atomic E-state index is 0. The molecule has 0 atom stereocenters. The van der Waals surface area contributed by atoms with Crippen molar-refractivity contribution in [3.8, 4) is 0 Å². The molecule has 2 aliphatic rings. The summed E-state index contributed by atoms with van der Waals surface area (Å²) in [5.74, 6) is 3.60. The third-order valence-electron chi connectivity index (χ3n) is 15.9. The van der Waals surface area contributed by atoms with Gasteiger partial charge < -0.3 is 37.2 Å². The number of nitrogens with one attached hydrogen (secondary N) is 6. The molecule has 88 heavy (non-hydrogen) atoms. The maximum atomic E-state index is 3.84. The molecule has 5 aromatic carbocycles. The first-order valence-electron chi connectivity index (χ1n) is 32.1. The van der Waals surface area contributed by atoms with Gasteiger partial charge in [0.05, 0.1) is 11.4 Å². The van der Waals surface area contributed by atoms with E-state index in [0.717, 1.165) is 41.2 Å². The summed E-state index contributed by atoms with van der Waals surface area (Å²) in [6.07, 6.45) is 10.7. The number of allylic oxidation sites excluding steroid dienone is 8. The summed E-state index contributed by atoms with van der Waals surface area (Å²) in [5.41, 5.74) is 31.8. The first kappa shape index (κ1) is 80.0. The smallest absolute Gasteiger partial charge is 0.0572 e. The number of aryl methyl sites for hydroxylation is 4. The van der Waals surface area contributed by atoms with E-state index in [1.807, 2.05) is 30.3 Å². The first-order chi connectivity index (χ1) is 40.4. The van der Waals surface area contributed by atoms with Crippen molar-refractivity contribution in [2.45, 2.75) is 226 Å². The fraction of sp³-hybridized carbons (Fsp3) is 0.456. The number of hydrogen-bond acceptors (Lipinski definition) is 6. The van der Waals surface area contributed by atoms with Crippen molar-refractivity contribution in [1.29, 1.82) is 0 Å². The number of nitrogens with zero attached hydrogens (tertiary/aromatic N) is 1. The molecular formula is C79H115N7Nd2-2. The van der Waals surface area contributed by atoms with Gasteiger partial charge in [-0.15, -0.1) is 12.1 Å². The molecule has 0 saturated carbocycles. The molecule has 0 saturated heterocycles. The quantitative estimate of drug-likeness (QED) is 0.0552. The number of rotatable bonds is 16. The molecule has 7 rings (SSSR count). The van der Waals surface area contributed by atoms with E-state index in [1.165, 1.54) is 112 Å². The molecule has 6 N–H and O–H groups in total. The van der Waals surface area contributed by atoms with Crippen LogP contribution in [-0.4, -0.2) is 14.1 Å². The van der Waals surface area contributed by atoms with Crippen molar-refractivity contribution >= 4 is 22.7 Å². The van der Waals surface area contributed by atoms with E-state index >= 15 is 0 Å². The molecule has 2 aliphatic heterocycles. The van der Waals surface area contributed by atoms with Crippen LogP contribution in [0, 0.1) is 116 Å². The molecule has 476 valence electrons. The number of benzene rings is 5. The van der Waals surface area contributed by atoms with Gasteiger partial charge in [0.2, 0.25) is 0 Å². The third kappa shape index (κ3) is 23.2. The number of hydrogen-bond donors (Lipinski definition) is 6. The zero-order valence-electron chi connectivity index (χ0n) is 59.5.